The third kappa shape index (κ3) is 4.69. The van der Waals surface area contributed by atoms with Gasteiger partial charge in [0.1, 0.15) is 0 Å². The average molecular weight is 230 g/mol. The van der Waals surface area contributed by atoms with Crippen LogP contribution in [0.5, 0.6) is 0 Å². The fourth-order valence-electron chi connectivity index (χ4n) is 1.62. The van der Waals surface area contributed by atoms with Gasteiger partial charge in [-0.15, -0.1) is 0 Å². The van der Waals surface area contributed by atoms with E-state index in [0.29, 0.717) is 19.4 Å². The lowest BCUT2D eigenvalue weighted by Crippen LogP contribution is -2.26. The van der Waals surface area contributed by atoms with Gasteiger partial charge in [0, 0.05) is 13.0 Å². The minimum atomic E-state index is 0.0247. The molecule has 1 rings (SSSR count). The molecule has 0 aliphatic carbocycles. The Hall–Kier alpha value is -1.82. The molecule has 0 aromatic heterocycles. The van der Waals surface area contributed by atoms with Gasteiger partial charge in [-0.1, -0.05) is 23.8 Å². The van der Waals surface area contributed by atoms with Gasteiger partial charge in [-0.3, -0.25) is 4.79 Å². The first kappa shape index (κ1) is 13.2. The largest absolute Gasteiger partial charge is 0.356 e. The molecule has 1 aromatic rings. The topological polar surface area (TPSA) is 52.9 Å². The average Bonchev–Trinajstić information content (AvgIpc) is 2.29. The minimum absolute atomic E-state index is 0.0247. The van der Waals surface area contributed by atoms with E-state index in [2.05, 4.69) is 11.4 Å². The molecule has 0 radical (unpaired) electrons. The van der Waals surface area contributed by atoms with E-state index in [-0.39, 0.29) is 5.91 Å². The Morgan fingerprint density at radius 2 is 2.18 bits per heavy atom. The van der Waals surface area contributed by atoms with E-state index in [9.17, 15) is 4.79 Å². The van der Waals surface area contributed by atoms with Gasteiger partial charge in [0.25, 0.3) is 0 Å². The summed E-state index contributed by atoms with van der Waals surface area (Å²) in [5, 5.41) is 11.2. The van der Waals surface area contributed by atoms with Crippen LogP contribution in [-0.4, -0.2) is 12.5 Å². The van der Waals surface area contributed by atoms with Crippen LogP contribution in [0, 0.1) is 25.2 Å². The lowest BCUT2D eigenvalue weighted by Gasteiger charge is -2.07. The molecule has 1 aromatic carbocycles. The Balaban J connectivity index is 2.45. The van der Waals surface area contributed by atoms with Gasteiger partial charge in [0.2, 0.25) is 5.91 Å². The van der Waals surface area contributed by atoms with E-state index in [1.54, 1.807) is 0 Å². The van der Waals surface area contributed by atoms with Crippen molar-refractivity contribution < 1.29 is 4.79 Å². The maximum atomic E-state index is 11.6. The second kappa shape index (κ2) is 6.70. The second-order valence-corrected chi connectivity index (χ2v) is 4.22. The van der Waals surface area contributed by atoms with Gasteiger partial charge in [-0.25, -0.2) is 0 Å². The third-order valence-corrected chi connectivity index (χ3v) is 2.64. The van der Waals surface area contributed by atoms with Crippen molar-refractivity contribution in [2.75, 3.05) is 6.54 Å². The fourth-order valence-corrected chi connectivity index (χ4v) is 1.62. The normalized spacial score (nSPS) is 9.71. The first-order valence-corrected chi connectivity index (χ1v) is 5.83. The molecule has 0 aliphatic heterocycles. The van der Waals surface area contributed by atoms with Crippen LogP contribution >= 0.6 is 0 Å². The molecule has 17 heavy (non-hydrogen) atoms. The van der Waals surface area contributed by atoms with Crippen molar-refractivity contribution in [3.05, 3.63) is 34.9 Å². The SMILES string of the molecule is Cc1ccc(C)c(CC(=O)NCCCC#N)c1. The van der Waals surface area contributed by atoms with Crippen LogP contribution in [-0.2, 0) is 11.2 Å². The molecule has 0 aliphatic rings. The van der Waals surface area contributed by atoms with E-state index >= 15 is 0 Å². The number of nitrogens with one attached hydrogen (secondary N) is 1. The van der Waals surface area contributed by atoms with Crippen LogP contribution in [0.25, 0.3) is 0 Å². The van der Waals surface area contributed by atoms with Crippen LogP contribution in [0.4, 0.5) is 0 Å². The van der Waals surface area contributed by atoms with Crippen LogP contribution in [0.3, 0.4) is 0 Å². The monoisotopic (exact) mass is 230 g/mol. The molecule has 0 atom stereocenters. The highest BCUT2D eigenvalue weighted by Gasteiger charge is 2.05. The first-order chi connectivity index (χ1) is 8.13. The van der Waals surface area contributed by atoms with Gasteiger partial charge >= 0.3 is 0 Å². The Morgan fingerprint density at radius 3 is 2.88 bits per heavy atom. The van der Waals surface area contributed by atoms with Gasteiger partial charge in [0.15, 0.2) is 0 Å². The van der Waals surface area contributed by atoms with E-state index in [4.69, 9.17) is 5.26 Å². The molecular formula is C14H18N2O. The summed E-state index contributed by atoms with van der Waals surface area (Å²) >= 11 is 0. The van der Waals surface area contributed by atoms with E-state index in [1.807, 2.05) is 32.0 Å². The van der Waals surface area contributed by atoms with Crippen molar-refractivity contribution >= 4 is 5.91 Å². The van der Waals surface area contributed by atoms with E-state index < -0.39 is 0 Å². The maximum Gasteiger partial charge on any atom is 0.224 e. The van der Waals surface area contributed by atoms with Crippen LogP contribution < -0.4 is 5.32 Å². The van der Waals surface area contributed by atoms with Crippen molar-refractivity contribution in [1.82, 2.24) is 5.32 Å². The third-order valence-electron chi connectivity index (χ3n) is 2.64. The summed E-state index contributed by atoms with van der Waals surface area (Å²) in [6.07, 6.45) is 1.62. The predicted octanol–water partition coefficient (Wildman–Crippen LogP) is 2.27. The first-order valence-electron chi connectivity index (χ1n) is 5.83. The number of carbonyl (C=O) groups excluding carboxylic acids is 1. The van der Waals surface area contributed by atoms with E-state index in [0.717, 1.165) is 17.5 Å². The molecule has 0 unspecified atom stereocenters. The fraction of sp³-hybridized carbons (Fsp3) is 0.429. The van der Waals surface area contributed by atoms with Crippen molar-refractivity contribution in [3.8, 4) is 6.07 Å². The number of amides is 1. The summed E-state index contributed by atoms with van der Waals surface area (Å²) < 4.78 is 0. The molecule has 1 amide bonds. The van der Waals surface area contributed by atoms with Crippen molar-refractivity contribution in [1.29, 1.82) is 5.26 Å². The molecule has 0 saturated carbocycles. The summed E-state index contributed by atoms with van der Waals surface area (Å²) in [5.41, 5.74) is 3.38. The number of hydrogen-bond donors (Lipinski definition) is 1. The minimum Gasteiger partial charge on any atom is -0.356 e. The number of nitrogens with zero attached hydrogens (tertiary/aromatic N) is 1. The molecule has 90 valence electrons. The number of benzene rings is 1. The molecule has 0 spiro atoms. The van der Waals surface area contributed by atoms with Gasteiger partial charge in [-0.2, -0.15) is 5.26 Å². The number of aryl methyl sites for hydroxylation is 2. The molecule has 3 heteroatoms. The smallest absolute Gasteiger partial charge is 0.224 e. The molecule has 3 nitrogen and oxygen atoms in total. The number of hydrogen-bond acceptors (Lipinski definition) is 2. The second-order valence-electron chi connectivity index (χ2n) is 4.22. The zero-order valence-electron chi connectivity index (χ0n) is 10.4. The van der Waals surface area contributed by atoms with Crippen LogP contribution in [0.15, 0.2) is 18.2 Å². The van der Waals surface area contributed by atoms with Crippen LogP contribution in [0.2, 0.25) is 0 Å². The maximum absolute atomic E-state index is 11.6. The summed E-state index contributed by atoms with van der Waals surface area (Å²) in [7, 11) is 0. The van der Waals surface area contributed by atoms with Crippen molar-refractivity contribution in [2.45, 2.75) is 33.1 Å². The predicted molar refractivity (Wildman–Crippen MR) is 67.5 cm³/mol. The Bertz CT molecular complexity index is 432. The Labute approximate surface area is 102 Å². The quantitative estimate of drug-likeness (QED) is 0.789. The van der Waals surface area contributed by atoms with Crippen LogP contribution in [0.1, 0.15) is 29.5 Å². The van der Waals surface area contributed by atoms with Gasteiger partial charge in [0.05, 0.1) is 12.5 Å². The van der Waals surface area contributed by atoms with Gasteiger partial charge < -0.3 is 5.32 Å². The standard InChI is InChI=1S/C14H18N2O/c1-11-5-6-12(2)13(9-11)10-14(17)16-8-4-3-7-15/h5-6,9H,3-4,8,10H2,1-2H3,(H,16,17). The molecule has 0 bridgehead atoms. The number of unbranched alkanes of at least 4 members (excludes halogenated alkanes) is 1. The molecule has 1 N–H and O–H groups in total. The summed E-state index contributed by atoms with van der Waals surface area (Å²) in [6.45, 7) is 4.61. The van der Waals surface area contributed by atoms with Gasteiger partial charge in [-0.05, 0) is 31.4 Å². The number of carbonyl (C=O) groups is 1. The summed E-state index contributed by atoms with van der Waals surface area (Å²) in [5.74, 6) is 0.0247. The zero-order chi connectivity index (χ0) is 12.7. The molecular weight excluding hydrogens is 212 g/mol. The molecule has 0 heterocycles. The molecule has 0 saturated heterocycles. The summed E-state index contributed by atoms with van der Waals surface area (Å²) in [4.78, 5) is 11.6. The lowest BCUT2D eigenvalue weighted by molar-refractivity contribution is -0.120. The summed E-state index contributed by atoms with van der Waals surface area (Å²) in [6, 6.07) is 8.18. The number of rotatable bonds is 5. The Morgan fingerprint density at radius 1 is 1.41 bits per heavy atom. The van der Waals surface area contributed by atoms with E-state index in [1.165, 1.54) is 5.56 Å². The Kier molecular flexibility index (Phi) is 5.22. The molecule has 0 fully saturated rings. The lowest BCUT2D eigenvalue weighted by atomic mass is 10.0. The number of nitriles is 1. The highest BCUT2D eigenvalue weighted by atomic mass is 16.1. The van der Waals surface area contributed by atoms with Crippen molar-refractivity contribution in [2.24, 2.45) is 0 Å². The van der Waals surface area contributed by atoms with Crippen molar-refractivity contribution in [3.63, 3.8) is 0 Å². The zero-order valence-corrected chi connectivity index (χ0v) is 10.4. The highest BCUT2D eigenvalue weighted by Crippen LogP contribution is 2.11. The highest BCUT2D eigenvalue weighted by molar-refractivity contribution is 5.78.